The molecule has 4 nitrogen and oxygen atoms in total. The van der Waals surface area contributed by atoms with Crippen LogP contribution in [0.1, 0.15) is 12.0 Å². The number of carbonyl (C=O) groups excluding carboxylic acids is 1. The summed E-state index contributed by atoms with van der Waals surface area (Å²) in [5.41, 5.74) is 1.04. The van der Waals surface area contributed by atoms with Gasteiger partial charge in [0.15, 0.2) is 0 Å². The maximum Gasteiger partial charge on any atom is 0.306 e. The van der Waals surface area contributed by atoms with Crippen molar-refractivity contribution in [3.63, 3.8) is 0 Å². The summed E-state index contributed by atoms with van der Waals surface area (Å²) in [6, 6.07) is 5.28. The molecule has 2 N–H and O–H groups in total. The van der Waals surface area contributed by atoms with Crippen molar-refractivity contribution >= 4 is 21.9 Å². The second-order valence-electron chi connectivity index (χ2n) is 3.29. The van der Waals surface area contributed by atoms with Gasteiger partial charge in [-0.1, -0.05) is 6.07 Å². The molecule has 5 heteroatoms. The number of halogens is 1. The minimum atomic E-state index is -0.223. The van der Waals surface area contributed by atoms with Gasteiger partial charge < -0.3 is 15.2 Å². The summed E-state index contributed by atoms with van der Waals surface area (Å²) in [7, 11) is 1.37. The number of ether oxygens (including phenoxy) is 1. The number of aromatic hydroxyl groups is 1. The van der Waals surface area contributed by atoms with E-state index in [1.807, 2.05) is 12.1 Å². The molecule has 0 heterocycles. The molecule has 0 radical (unpaired) electrons. The van der Waals surface area contributed by atoms with Crippen molar-refractivity contribution in [2.24, 2.45) is 0 Å². The van der Waals surface area contributed by atoms with Crippen molar-refractivity contribution in [3.05, 3.63) is 28.2 Å². The van der Waals surface area contributed by atoms with Crippen LogP contribution in [-0.2, 0) is 16.1 Å². The van der Waals surface area contributed by atoms with Crippen molar-refractivity contribution in [2.75, 3.05) is 13.7 Å². The van der Waals surface area contributed by atoms with Crippen LogP contribution >= 0.6 is 15.9 Å². The molecule has 0 aliphatic rings. The second kappa shape index (κ2) is 6.50. The average Bonchev–Trinajstić information content (AvgIpc) is 2.28. The number of hydrogen-bond acceptors (Lipinski definition) is 4. The Hall–Kier alpha value is -1.07. The topological polar surface area (TPSA) is 58.6 Å². The first-order chi connectivity index (χ1) is 7.63. The van der Waals surface area contributed by atoms with E-state index in [1.54, 1.807) is 6.07 Å². The van der Waals surface area contributed by atoms with Crippen molar-refractivity contribution in [1.29, 1.82) is 0 Å². The molecule has 0 aliphatic heterocycles. The third-order valence-corrected chi connectivity index (χ3v) is 2.71. The van der Waals surface area contributed by atoms with Gasteiger partial charge in [0, 0.05) is 13.1 Å². The zero-order valence-electron chi connectivity index (χ0n) is 9.00. The molecule has 16 heavy (non-hydrogen) atoms. The van der Waals surface area contributed by atoms with Gasteiger partial charge in [-0.15, -0.1) is 0 Å². The normalized spacial score (nSPS) is 10.1. The number of phenolic OH excluding ortho intramolecular Hbond substituents is 1. The number of rotatable bonds is 5. The van der Waals surface area contributed by atoms with Crippen molar-refractivity contribution < 1.29 is 14.6 Å². The Morgan fingerprint density at radius 2 is 2.31 bits per heavy atom. The lowest BCUT2D eigenvalue weighted by Gasteiger charge is -2.05. The van der Waals surface area contributed by atoms with Gasteiger partial charge in [0.2, 0.25) is 0 Å². The molecule has 0 saturated carbocycles. The first-order valence-electron chi connectivity index (χ1n) is 4.88. The fraction of sp³-hybridized carbons (Fsp3) is 0.364. The van der Waals surface area contributed by atoms with Gasteiger partial charge in [0.25, 0.3) is 0 Å². The SMILES string of the molecule is COC(=O)CCNCc1ccc(O)c(Br)c1. The van der Waals surface area contributed by atoms with Crippen LogP contribution < -0.4 is 5.32 Å². The highest BCUT2D eigenvalue weighted by molar-refractivity contribution is 9.10. The second-order valence-corrected chi connectivity index (χ2v) is 4.14. The molecule has 0 unspecified atom stereocenters. The van der Waals surface area contributed by atoms with Gasteiger partial charge in [0.1, 0.15) is 5.75 Å². The van der Waals surface area contributed by atoms with E-state index < -0.39 is 0 Å². The Labute approximate surface area is 103 Å². The van der Waals surface area contributed by atoms with E-state index in [9.17, 15) is 9.90 Å². The molecule has 0 fully saturated rings. The van der Waals surface area contributed by atoms with Crippen molar-refractivity contribution in [1.82, 2.24) is 5.32 Å². The number of carbonyl (C=O) groups is 1. The lowest BCUT2D eigenvalue weighted by Crippen LogP contribution is -2.18. The summed E-state index contributed by atoms with van der Waals surface area (Å²) in [6.45, 7) is 1.22. The molecular formula is C11H14BrNO3. The van der Waals surface area contributed by atoms with Crippen LogP contribution in [0.5, 0.6) is 5.75 Å². The van der Waals surface area contributed by atoms with E-state index >= 15 is 0 Å². The standard InChI is InChI=1S/C11H14BrNO3/c1-16-11(15)4-5-13-7-8-2-3-10(14)9(12)6-8/h2-3,6,13-14H,4-5,7H2,1H3. The van der Waals surface area contributed by atoms with Gasteiger partial charge in [-0.05, 0) is 33.6 Å². The molecule has 0 spiro atoms. The van der Waals surface area contributed by atoms with E-state index in [0.29, 0.717) is 24.0 Å². The number of esters is 1. The van der Waals surface area contributed by atoms with Crippen molar-refractivity contribution in [3.8, 4) is 5.75 Å². The first kappa shape index (κ1) is 13.0. The summed E-state index contributed by atoms with van der Waals surface area (Å²) in [4.78, 5) is 10.8. The third-order valence-electron chi connectivity index (χ3n) is 2.07. The quantitative estimate of drug-likeness (QED) is 0.641. The fourth-order valence-corrected chi connectivity index (χ4v) is 1.61. The molecule has 1 rings (SSSR count). The lowest BCUT2D eigenvalue weighted by atomic mass is 10.2. The molecule has 1 aromatic carbocycles. The average molecular weight is 288 g/mol. The third kappa shape index (κ3) is 4.20. The Balaban J connectivity index is 2.32. The largest absolute Gasteiger partial charge is 0.507 e. The zero-order valence-corrected chi connectivity index (χ0v) is 10.6. The molecule has 0 atom stereocenters. The predicted octanol–water partition coefficient (Wildman–Crippen LogP) is 1.81. The summed E-state index contributed by atoms with van der Waals surface area (Å²) in [5.74, 6) is -0.00213. The highest BCUT2D eigenvalue weighted by atomic mass is 79.9. The zero-order chi connectivity index (χ0) is 12.0. The molecule has 0 amide bonds. The number of hydrogen-bond donors (Lipinski definition) is 2. The number of methoxy groups -OCH3 is 1. The van der Waals surface area contributed by atoms with Crippen LogP contribution in [-0.4, -0.2) is 24.7 Å². The maximum absolute atomic E-state index is 10.8. The minimum Gasteiger partial charge on any atom is -0.507 e. The molecule has 0 aromatic heterocycles. The van der Waals surface area contributed by atoms with Crippen LogP contribution in [0.2, 0.25) is 0 Å². The van der Waals surface area contributed by atoms with Crippen molar-refractivity contribution in [2.45, 2.75) is 13.0 Å². The van der Waals surface area contributed by atoms with E-state index in [2.05, 4.69) is 26.0 Å². The number of benzene rings is 1. The van der Waals surface area contributed by atoms with Crippen LogP contribution in [0.3, 0.4) is 0 Å². The highest BCUT2D eigenvalue weighted by Gasteiger charge is 2.01. The molecular weight excluding hydrogens is 274 g/mol. The van der Waals surface area contributed by atoms with E-state index in [4.69, 9.17) is 0 Å². The monoisotopic (exact) mass is 287 g/mol. The summed E-state index contributed by atoms with van der Waals surface area (Å²) in [5, 5.41) is 12.4. The maximum atomic E-state index is 10.8. The number of phenols is 1. The van der Waals surface area contributed by atoms with Crippen LogP contribution in [0.4, 0.5) is 0 Å². The molecule has 0 saturated heterocycles. The summed E-state index contributed by atoms with van der Waals surface area (Å²) < 4.78 is 5.18. The highest BCUT2D eigenvalue weighted by Crippen LogP contribution is 2.24. The Morgan fingerprint density at radius 1 is 1.56 bits per heavy atom. The lowest BCUT2D eigenvalue weighted by molar-refractivity contribution is -0.140. The minimum absolute atomic E-state index is 0.221. The Kier molecular flexibility index (Phi) is 5.28. The number of nitrogens with one attached hydrogen (secondary N) is 1. The van der Waals surface area contributed by atoms with Crippen LogP contribution in [0.15, 0.2) is 22.7 Å². The molecule has 1 aromatic rings. The van der Waals surface area contributed by atoms with E-state index in [1.165, 1.54) is 7.11 Å². The Morgan fingerprint density at radius 3 is 2.94 bits per heavy atom. The van der Waals surface area contributed by atoms with E-state index in [-0.39, 0.29) is 11.7 Å². The van der Waals surface area contributed by atoms with Gasteiger partial charge in [-0.3, -0.25) is 4.79 Å². The Bertz CT molecular complexity index is 368. The molecule has 0 aliphatic carbocycles. The van der Waals surface area contributed by atoms with Crippen LogP contribution in [0, 0.1) is 0 Å². The summed E-state index contributed by atoms with van der Waals surface area (Å²) >= 11 is 3.24. The smallest absolute Gasteiger partial charge is 0.306 e. The predicted molar refractivity (Wildman–Crippen MR) is 64.1 cm³/mol. The fourth-order valence-electron chi connectivity index (χ4n) is 1.19. The van der Waals surface area contributed by atoms with Gasteiger partial charge >= 0.3 is 5.97 Å². The molecule has 88 valence electrons. The molecule has 0 bridgehead atoms. The van der Waals surface area contributed by atoms with Gasteiger partial charge in [0.05, 0.1) is 18.0 Å². The first-order valence-corrected chi connectivity index (χ1v) is 5.67. The van der Waals surface area contributed by atoms with Gasteiger partial charge in [-0.25, -0.2) is 0 Å². The van der Waals surface area contributed by atoms with E-state index in [0.717, 1.165) is 5.56 Å². The van der Waals surface area contributed by atoms with Gasteiger partial charge in [-0.2, -0.15) is 0 Å². The summed E-state index contributed by atoms with van der Waals surface area (Å²) in [6.07, 6.45) is 0.357. The van der Waals surface area contributed by atoms with Crippen LogP contribution in [0.25, 0.3) is 0 Å².